The summed E-state index contributed by atoms with van der Waals surface area (Å²) in [5, 5.41) is 6.72. The van der Waals surface area contributed by atoms with Crippen molar-refractivity contribution in [1.29, 1.82) is 0 Å². The number of anilines is 1. The summed E-state index contributed by atoms with van der Waals surface area (Å²) in [4.78, 5) is 13.1. The van der Waals surface area contributed by atoms with Crippen molar-refractivity contribution in [3.05, 3.63) is 99.3 Å². The number of aryl methyl sites for hydroxylation is 3. The van der Waals surface area contributed by atoms with Gasteiger partial charge in [-0.25, -0.2) is 0 Å². The highest BCUT2D eigenvalue weighted by Crippen LogP contribution is 2.28. The number of rotatable bonds is 8. The molecule has 2 aromatic rings. The standard InChI is InChI=1S/C29H36N2O/c1-18(2)22(6)23(7)30-26-12-10-25(11-13-26)17-27(16-24-8-9-24)31-29(32)28-15-20(4)19(3)14-21(28)5/h10-16,27,30H,1,8-9,17H2,2-7H3,(H,31,32)/b23-22-. The van der Waals surface area contributed by atoms with E-state index in [0.717, 1.165) is 52.9 Å². The summed E-state index contributed by atoms with van der Waals surface area (Å²) in [6, 6.07) is 12.6. The number of allylic oxidation sites excluding steroid dienone is 4. The van der Waals surface area contributed by atoms with E-state index in [-0.39, 0.29) is 11.9 Å². The van der Waals surface area contributed by atoms with Gasteiger partial charge in [-0.05, 0) is 107 Å². The molecule has 2 N–H and O–H groups in total. The van der Waals surface area contributed by atoms with Crippen LogP contribution in [0.1, 0.15) is 66.2 Å². The van der Waals surface area contributed by atoms with Gasteiger partial charge < -0.3 is 10.6 Å². The molecule has 32 heavy (non-hydrogen) atoms. The van der Waals surface area contributed by atoms with E-state index in [1.807, 2.05) is 19.9 Å². The maximum atomic E-state index is 13.1. The second-order valence-corrected chi connectivity index (χ2v) is 9.21. The third-order valence-electron chi connectivity index (χ3n) is 6.32. The molecule has 0 saturated heterocycles. The zero-order chi connectivity index (χ0) is 23.4. The zero-order valence-electron chi connectivity index (χ0n) is 20.4. The smallest absolute Gasteiger partial charge is 0.252 e. The van der Waals surface area contributed by atoms with Crippen molar-refractivity contribution in [3.8, 4) is 0 Å². The molecule has 0 bridgehead atoms. The van der Waals surface area contributed by atoms with Gasteiger partial charge >= 0.3 is 0 Å². The topological polar surface area (TPSA) is 41.1 Å². The van der Waals surface area contributed by atoms with Crippen molar-refractivity contribution >= 4 is 11.6 Å². The Labute approximate surface area is 193 Å². The fraction of sp³-hybridized carbons (Fsp3) is 0.345. The minimum absolute atomic E-state index is 0.00224. The molecule has 0 heterocycles. The van der Waals surface area contributed by atoms with Crippen LogP contribution in [0.15, 0.2) is 71.5 Å². The van der Waals surface area contributed by atoms with Crippen molar-refractivity contribution in [2.75, 3.05) is 5.32 Å². The molecule has 3 nitrogen and oxygen atoms in total. The summed E-state index contributed by atoms with van der Waals surface area (Å²) in [6.07, 6.45) is 5.31. The van der Waals surface area contributed by atoms with Gasteiger partial charge in [0.1, 0.15) is 0 Å². The lowest BCUT2D eigenvalue weighted by atomic mass is 9.99. The summed E-state index contributed by atoms with van der Waals surface area (Å²) >= 11 is 0. The maximum Gasteiger partial charge on any atom is 0.252 e. The van der Waals surface area contributed by atoms with E-state index < -0.39 is 0 Å². The Morgan fingerprint density at radius 3 is 2.22 bits per heavy atom. The Bertz CT molecular complexity index is 1080. The summed E-state index contributed by atoms with van der Waals surface area (Å²) in [7, 11) is 0. The van der Waals surface area contributed by atoms with E-state index in [9.17, 15) is 4.79 Å². The first kappa shape index (κ1) is 23.6. The van der Waals surface area contributed by atoms with Gasteiger partial charge in [0.05, 0.1) is 6.04 Å². The highest BCUT2D eigenvalue weighted by Gasteiger charge is 2.19. The van der Waals surface area contributed by atoms with Crippen LogP contribution in [0.5, 0.6) is 0 Å². The molecule has 1 aliphatic rings. The van der Waals surface area contributed by atoms with Crippen LogP contribution in [0.4, 0.5) is 5.69 Å². The van der Waals surface area contributed by atoms with E-state index >= 15 is 0 Å². The predicted molar refractivity (Wildman–Crippen MR) is 136 cm³/mol. The average molecular weight is 429 g/mol. The summed E-state index contributed by atoms with van der Waals surface area (Å²) in [5.74, 6) is 0.00224. The minimum atomic E-state index is -0.00731. The van der Waals surface area contributed by atoms with E-state index in [2.05, 4.69) is 81.3 Å². The second-order valence-electron chi connectivity index (χ2n) is 9.21. The van der Waals surface area contributed by atoms with Crippen LogP contribution >= 0.6 is 0 Å². The number of hydrogen-bond acceptors (Lipinski definition) is 2. The fourth-order valence-electron chi connectivity index (χ4n) is 3.73. The van der Waals surface area contributed by atoms with Gasteiger partial charge in [-0.3, -0.25) is 4.79 Å². The number of hydrogen-bond donors (Lipinski definition) is 2. The largest absolute Gasteiger partial charge is 0.359 e. The van der Waals surface area contributed by atoms with E-state index in [4.69, 9.17) is 0 Å². The Hall–Kier alpha value is -3.07. The number of nitrogens with one attached hydrogen (secondary N) is 2. The first-order chi connectivity index (χ1) is 15.1. The molecule has 0 aliphatic heterocycles. The van der Waals surface area contributed by atoms with Gasteiger partial charge in [0.15, 0.2) is 0 Å². The number of carbonyl (C=O) groups excluding carboxylic acids is 1. The molecule has 1 atom stereocenters. The van der Waals surface area contributed by atoms with Crippen LogP contribution in [0.25, 0.3) is 0 Å². The molecule has 0 aromatic heterocycles. The lowest BCUT2D eigenvalue weighted by Gasteiger charge is -2.18. The number of carbonyl (C=O) groups is 1. The lowest BCUT2D eigenvalue weighted by molar-refractivity contribution is 0.0943. The van der Waals surface area contributed by atoms with Crippen molar-refractivity contribution < 1.29 is 4.79 Å². The normalized spacial score (nSPS) is 14.4. The Kier molecular flexibility index (Phi) is 7.40. The monoisotopic (exact) mass is 428 g/mol. The van der Waals surface area contributed by atoms with Crippen molar-refractivity contribution in [2.24, 2.45) is 0 Å². The van der Waals surface area contributed by atoms with Crippen LogP contribution in [-0.2, 0) is 6.42 Å². The first-order valence-corrected chi connectivity index (χ1v) is 11.4. The Balaban J connectivity index is 1.72. The van der Waals surface area contributed by atoms with Crippen molar-refractivity contribution in [1.82, 2.24) is 5.32 Å². The maximum absolute atomic E-state index is 13.1. The third kappa shape index (κ3) is 6.23. The molecule has 1 aliphatic carbocycles. The van der Waals surface area contributed by atoms with Crippen LogP contribution in [-0.4, -0.2) is 11.9 Å². The minimum Gasteiger partial charge on any atom is -0.359 e. The molecule has 2 aromatic carbocycles. The molecule has 0 radical (unpaired) electrons. The molecule has 1 amide bonds. The summed E-state index contributed by atoms with van der Waals surface area (Å²) in [5.41, 5.74) is 11.2. The van der Waals surface area contributed by atoms with Crippen molar-refractivity contribution in [2.45, 2.75) is 66.8 Å². The quantitative estimate of drug-likeness (QED) is 0.353. The number of amides is 1. The van der Waals surface area contributed by atoms with Crippen LogP contribution < -0.4 is 10.6 Å². The second kappa shape index (κ2) is 10.0. The molecule has 1 saturated carbocycles. The summed E-state index contributed by atoms with van der Waals surface area (Å²) in [6.45, 7) is 16.3. The molecule has 3 heteroatoms. The predicted octanol–water partition coefficient (Wildman–Crippen LogP) is 6.96. The van der Waals surface area contributed by atoms with Crippen LogP contribution in [0, 0.1) is 20.8 Å². The van der Waals surface area contributed by atoms with Gasteiger partial charge in [0.25, 0.3) is 5.91 Å². The van der Waals surface area contributed by atoms with Crippen LogP contribution in [0.3, 0.4) is 0 Å². The summed E-state index contributed by atoms with van der Waals surface area (Å²) < 4.78 is 0. The van der Waals surface area contributed by atoms with E-state index in [1.165, 1.54) is 22.3 Å². The highest BCUT2D eigenvalue weighted by molar-refractivity contribution is 5.96. The Morgan fingerprint density at radius 1 is 1.00 bits per heavy atom. The van der Waals surface area contributed by atoms with Gasteiger partial charge in [-0.2, -0.15) is 0 Å². The SMILES string of the molecule is C=C(C)/C(C)=C(/C)Nc1ccc(CC(C=C2CC2)NC(=O)c2cc(C)c(C)cc2C)cc1. The third-order valence-corrected chi connectivity index (χ3v) is 6.32. The van der Waals surface area contributed by atoms with Crippen LogP contribution in [0.2, 0.25) is 0 Å². The average Bonchev–Trinajstić information content (AvgIpc) is 3.55. The molecular weight excluding hydrogens is 392 g/mol. The molecular formula is C29H36N2O. The van der Waals surface area contributed by atoms with Gasteiger partial charge in [0.2, 0.25) is 0 Å². The molecule has 1 unspecified atom stereocenters. The fourth-order valence-corrected chi connectivity index (χ4v) is 3.73. The zero-order valence-corrected chi connectivity index (χ0v) is 20.4. The lowest BCUT2D eigenvalue weighted by Crippen LogP contribution is -2.35. The first-order valence-electron chi connectivity index (χ1n) is 11.4. The molecule has 0 spiro atoms. The highest BCUT2D eigenvalue weighted by atomic mass is 16.1. The van der Waals surface area contributed by atoms with E-state index in [1.54, 1.807) is 0 Å². The van der Waals surface area contributed by atoms with Gasteiger partial charge in [-0.15, -0.1) is 0 Å². The molecule has 168 valence electrons. The van der Waals surface area contributed by atoms with Gasteiger partial charge in [-0.1, -0.05) is 42.0 Å². The van der Waals surface area contributed by atoms with Gasteiger partial charge in [0, 0.05) is 16.9 Å². The van der Waals surface area contributed by atoms with E-state index in [0.29, 0.717) is 0 Å². The Morgan fingerprint density at radius 2 is 1.62 bits per heavy atom. The van der Waals surface area contributed by atoms with Crippen molar-refractivity contribution in [3.63, 3.8) is 0 Å². The molecule has 3 rings (SSSR count). The number of benzene rings is 2. The molecule has 1 fully saturated rings.